The SMILES string of the molecule is C=C(C)C(=C)OCCNC(=O)C(C#N)=Cc1cccs1. The number of ether oxygens (including phenoxy) is 1. The summed E-state index contributed by atoms with van der Waals surface area (Å²) in [6.45, 7) is 9.74. The third kappa shape index (κ3) is 5.12. The van der Waals surface area contributed by atoms with Gasteiger partial charge in [-0.25, -0.2) is 0 Å². The lowest BCUT2D eigenvalue weighted by Crippen LogP contribution is -2.28. The number of nitrogens with one attached hydrogen (secondary N) is 1. The van der Waals surface area contributed by atoms with Gasteiger partial charge >= 0.3 is 0 Å². The second-order valence-electron chi connectivity index (χ2n) is 3.99. The number of carbonyl (C=O) groups excluding carboxylic acids is 1. The highest BCUT2D eigenvalue weighted by Crippen LogP contribution is 2.13. The molecular weight excluding hydrogens is 272 g/mol. The third-order valence-corrected chi connectivity index (χ3v) is 3.15. The Morgan fingerprint density at radius 2 is 2.35 bits per heavy atom. The minimum atomic E-state index is -0.412. The second-order valence-corrected chi connectivity index (χ2v) is 4.97. The highest BCUT2D eigenvalue weighted by Gasteiger charge is 2.08. The zero-order valence-electron chi connectivity index (χ0n) is 11.3. The Morgan fingerprint density at radius 1 is 1.60 bits per heavy atom. The number of rotatable bonds is 7. The predicted molar refractivity (Wildman–Crippen MR) is 80.8 cm³/mol. The summed E-state index contributed by atoms with van der Waals surface area (Å²) in [5.74, 6) is 0.0827. The Morgan fingerprint density at radius 3 is 2.90 bits per heavy atom. The van der Waals surface area contributed by atoms with Crippen LogP contribution in [0.4, 0.5) is 0 Å². The van der Waals surface area contributed by atoms with Crippen molar-refractivity contribution >= 4 is 23.3 Å². The molecule has 0 saturated carbocycles. The molecule has 0 atom stereocenters. The van der Waals surface area contributed by atoms with Crippen LogP contribution in [0.1, 0.15) is 11.8 Å². The van der Waals surface area contributed by atoms with Crippen LogP contribution in [0.5, 0.6) is 0 Å². The monoisotopic (exact) mass is 288 g/mol. The number of nitrogens with zero attached hydrogens (tertiary/aromatic N) is 1. The van der Waals surface area contributed by atoms with Gasteiger partial charge in [0.2, 0.25) is 0 Å². The fourth-order valence-electron chi connectivity index (χ4n) is 1.22. The van der Waals surface area contributed by atoms with Crippen molar-refractivity contribution in [1.29, 1.82) is 5.26 Å². The van der Waals surface area contributed by atoms with Crippen molar-refractivity contribution in [3.05, 3.63) is 52.5 Å². The molecule has 5 heteroatoms. The van der Waals surface area contributed by atoms with E-state index < -0.39 is 5.91 Å². The van der Waals surface area contributed by atoms with E-state index in [1.807, 2.05) is 23.6 Å². The largest absolute Gasteiger partial charge is 0.492 e. The van der Waals surface area contributed by atoms with Crippen LogP contribution in [0.25, 0.3) is 6.08 Å². The molecule has 1 aromatic rings. The number of hydrogen-bond acceptors (Lipinski definition) is 4. The van der Waals surface area contributed by atoms with Crippen molar-refractivity contribution in [3.8, 4) is 6.07 Å². The topological polar surface area (TPSA) is 62.1 Å². The van der Waals surface area contributed by atoms with Crippen molar-refractivity contribution in [2.45, 2.75) is 6.92 Å². The van der Waals surface area contributed by atoms with Gasteiger partial charge in [-0.05, 0) is 30.0 Å². The van der Waals surface area contributed by atoms with Gasteiger partial charge in [-0.3, -0.25) is 4.79 Å². The van der Waals surface area contributed by atoms with Gasteiger partial charge in [0.15, 0.2) is 0 Å². The smallest absolute Gasteiger partial charge is 0.262 e. The number of allylic oxidation sites excluding steroid dienone is 1. The molecule has 104 valence electrons. The molecule has 0 aliphatic heterocycles. The maximum absolute atomic E-state index is 11.8. The van der Waals surface area contributed by atoms with Crippen LogP contribution in [0.3, 0.4) is 0 Å². The summed E-state index contributed by atoms with van der Waals surface area (Å²) in [6, 6.07) is 5.60. The quantitative estimate of drug-likeness (QED) is 0.276. The average Bonchev–Trinajstić information content (AvgIpc) is 2.93. The van der Waals surface area contributed by atoms with Crippen molar-refractivity contribution in [2.75, 3.05) is 13.2 Å². The molecule has 1 amide bonds. The number of nitriles is 1. The average molecular weight is 288 g/mol. The van der Waals surface area contributed by atoms with E-state index in [1.165, 1.54) is 11.3 Å². The van der Waals surface area contributed by atoms with E-state index in [4.69, 9.17) is 10.00 Å². The lowest BCUT2D eigenvalue weighted by atomic mass is 10.2. The van der Waals surface area contributed by atoms with Crippen molar-refractivity contribution in [3.63, 3.8) is 0 Å². The van der Waals surface area contributed by atoms with Crippen LogP contribution in [0, 0.1) is 11.3 Å². The fourth-order valence-corrected chi connectivity index (χ4v) is 1.88. The summed E-state index contributed by atoms with van der Waals surface area (Å²) in [6.07, 6.45) is 1.56. The Bertz CT molecular complexity index is 565. The molecule has 0 saturated heterocycles. The first-order valence-corrected chi connectivity index (χ1v) is 6.83. The Balaban J connectivity index is 2.44. The summed E-state index contributed by atoms with van der Waals surface area (Å²) >= 11 is 1.47. The standard InChI is InChI=1S/C15H16N2O2S/c1-11(2)12(3)19-7-6-17-15(18)13(10-16)9-14-5-4-8-20-14/h4-5,8-9H,1,3,6-7H2,2H3,(H,17,18). The molecule has 0 radical (unpaired) electrons. The van der Waals surface area contributed by atoms with E-state index in [9.17, 15) is 4.79 Å². The number of carbonyl (C=O) groups is 1. The molecule has 1 N–H and O–H groups in total. The Hall–Kier alpha value is -2.32. The predicted octanol–water partition coefficient (Wildman–Crippen LogP) is 2.88. The molecule has 1 heterocycles. The maximum atomic E-state index is 11.8. The van der Waals surface area contributed by atoms with Crippen LogP contribution in [-0.4, -0.2) is 19.1 Å². The van der Waals surface area contributed by atoms with E-state index >= 15 is 0 Å². The molecule has 0 fully saturated rings. The van der Waals surface area contributed by atoms with Crippen molar-refractivity contribution < 1.29 is 9.53 Å². The molecule has 0 aliphatic carbocycles. The van der Waals surface area contributed by atoms with Gasteiger partial charge in [0.25, 0.3) is 5.91 Å². The van der Waals surface area contributed by atoms with Gasteiger partial charge in [0.1, 0.15) is 24.0 Å². The first-order chi connectivity index (χ1) is 9.54. The van der Waals surface area contributed by atoms with Gasteiger partial charge < -0.3 is 10.1 Å². The molecule has 20 heavy (non-hydrogen) atoms. The normalized spacial score (nSPS) is 10.5. The van der Waals surface area contributed by atoms with Crippen LogP contribution in [0.2, 0.25) is 0 Å². The lowest BCUT2D eigenvalue weighted by molar-refractivity contribution is -0.117. The van der Waals surface area contributed by atoms with E-state index in [0.29, 0.717) is 12.3 Å². The second kappa shape index (κ2) is 7.97. The maximum Gasteiger partial charge on any atom is 0.262 e. The number of hydrogen-bond donors (Lipinski definition) is 1. The first kappa shape index (κ1) is 15.7. The van der Waals surface area contributed by atoms with Crippen LogP contribution in [0.15, 0.2) is 47.6 Å². The summed E-state index contributed by atoms with van der Waals surface area (Å²) in [5, 5.41) is 13.5. The molecule has 0 spiro atoms. The van der Waals surface area contributed by atoms with Crippen LogP contribution < -0.4 is 5.32 Å². The van der Waals surface area contributed by atoms with E-state index in [1.54, 1.807) is 13.0 Å². The first-order valence-electron chi connectivity index (χ1n) is 5.95. The van der Waals surface area contributed by atoms with Gasteiger partial charge in [-0.2, -0.15) is 5.26 Å². The molecular formula is C15H16N2O2S. The number of thiophene rings is 1. The summed E-state index contributed by atoms with van der Waals surface area (Å²) in [7, 11) is 0. The molecule has 1 rings (SSSR count). The minimum Gasteiger partial charge on any atom is -0.492 e. The molecule has 0 aliphatic rings. The lowest BCUT2D eigenvalue weighted by Gasteiger charge is -2.09. The third-order valence-electron chi connectivity index (χ3n) is 2.33. The van der Waals surface area contributed by atoms with Gasteiger partial charge in [-0.1, -0.05) is 19.2 Å². The molecule has 0 aromatic carbocycles. The molecule has 0 bridgehead atoms. The van der Waals surface area contributed by atoms with E-state index in [2.05, 4.69) is 18.5 Å². The summed E-state index contributed by atoms with van der Waals surface area (Å²) in [4.78, 5) is 12.7. The number of amides is 1. The van der Waals surface area contributed by atoms with Crippen LogP contribution in [-0.2, 0) is 9.53 Å². The highest BCUT2D eigenvalue weighted by molar-refractivity contribution is 7.10. The van der Waals surface area contributed by atoms with Gasteiger partial charge in [0, 0.05) is 4.88 Å². The molecule has 0 unspecified atom stereocenters. The van der Waals surface area contributed by atoms with Crippen molar-refractivity contribution in [1.82, 2.24) is 5.32 Å². The Labute approximate surface area is 122 Å². The zero-order chi connectivity index (χ0) is 15.0. The van der Waals surface area contributed by atoms with Gasteiger partial charge in [-0.15, -0.1) is 11.3 Å². The van der Waals surface area contributed by atoms with E-state index in [-0.39, 0.29) is 12.2 Å². The fraction of sp³-hybridized carbons (Fsp3) is 0.200. The zero-order valence-corrected chi connectivity index (χ0v) is 12.1. The minimum absolute atomic E-state index is 0.0752. The van der Waals surface area contributed by atoms with Crippen LogP contribution >= 0.6 is 11.3 Å². The van der Waals surface area contributed by atoms with Gasteiger partial charge in [0.05, 0.1) is 6.54 Å². The summed E-state index contributed by atoms with van der Waals surface area (Å²) < 4.78 is 5.26. The molecule has 1 aromatic heterocycles. The highest BCUT2D eigenvalue weighted by atomic mass is 32.1. The summed E-state index contributed by atoms with van der Waals surface area (Å²) in [5.41, 5.74) is 0.817. The Kier molecular flexibility index (Phi) is 6.27. The van der Waals surface area contributed by atoms with Crippen molar-refractivity contribution in [2.24, 2.45) is 0 Å². The van der Waals surface area contributed by atoms with E-state index in [0.717, 1.165) is 10.5 Å². The molecule has 4 nitrogen and oxygen atoms in total.